The van der Waals surface area contributed by atoms with Crippen molar-refractivity contribution in [3.05, 3.63) is 35.9 Å². The largest absolute Gasteiger partial charge is 0.342 e. The van der Waals surface area contributed by atoms with Gasteiger partial charge in [0, 0.05) is 6.42 Å². The third-order valence-electron chi connectivity index (χ3n) is 2.87. The van der Waals surface area contributed by atoms with Gasteiger partial charge in [-0.3, -0.25) is 4.79 Å². The molecular weight excluding hydrogens is 222 g/mol. The van der Waals surface area contributed by atoms with Crippen molar-refractivity contribution < 1.29 is 4.79 Å². The zero-order valence-corrected chi connectivity index (χ0v) is 11.1. The maximum atomic E-state index is 11.7. The predicted molar refractivity (Wildman–Crippen MR) is 75.0 cm³/mol. The van der Waals surface area contributed by atoms with Crippen LogP contribution in [0.25, 0.3) is 0 Å². The van der Waals surface area contributed by atoms with Crippen LogP contribution in [0.4, 0.5) is 0 Å². The van der Waals surface area contributed by atoms with E-state index in [4.69, 9.17) is 6.42 Å². The fraction of sp³-hybridized carbons (Fsp3) is 0.438. The van der Waals surface area contributed by atoms with E-state index in [0.717, 1.165) is 12.8 Å². The summed E-state index contributed by atoms with van der Waals surface area (Å²) in [5.41, 5.74) is 1.27. The number of carbonyl (C=O) groups excluding carboxylic acids is 1. The average molecular weight is 243 g/mol. The van der Waals surface area contributed by atoms with Crippen molar-refractivity contribution in [3.8, 4) is 12.3 Å². The number of carbonyl (C=O) groups is 1. The second-order valence-corrected chi connectivity index (χ2v) is 4.80. The fourth-order valence-corrected chi connectivity index (χ4v) is 1.74. The number of amides is 1. The molecule has 0 bridgehead atoms. The molecule has 18 heavy (non-hydrogen) atoms. The van der Waals surface area contributed by atoms with Crippen molar-refractivity contribution in [3.63, 3.8) is 0 Å². The lowest BCUT2D eigenvalue weighted by Crippen LogP contribution is -2.37. The number of benzene rings is 1. The van der Waals surface area contributed by atoms with Gasteiger partial charge in [-0.1, -0.05) is 50.1 Å². The summed E-state index contributed by atoms with van der Waals surface area (Å²) in [4.78, 5) is 11.7. The Bertz CT molecular complexity index is 403. The molecule has 96 valence electrons. The topological polar surface area (TPSA) is 29.1 Å². The van der Waals surface area contributed by atoms with E-state index in [2.05, 4.69) is 23.4 Å². The Morgan fingerprint density at radius 3 is 2.56 bits per heavy atom. The minimum Gasteiger partial charge on any atom is -0.342 e. The highest BCUT2D eigenvalue weighted by atomic mass is 16.1. The van der Waals surface area contributed by atoms with Gasteiger partial charge in [0.05, 0.1) is 6.04 Å². The third-order valence-corrected chi connectivity index (χ3v) is 2.87. The standard InChI is InChI=1S/C16H21NO/c1-4-15(13(2)3)17-16(18)12-8-11-14-9-6-5-7-10-14/h1,5-7,9-10,13,15H,8,11-12H2,2-3H3,(H,17,18). The summed E-state index contributed by atoms with van der Waals surface area (Å²) in [7, 11) is 0. The third kappa shape index (κ3) is 5.05. The minimum absolute atomic E-state index is 0.0441. The van der Waals surface area contributed by atoms with Gasteiger partial charge in [0.25, 0.3) is 0 Å². The predicted octanol–water partition coefficient (Wildman–Crippen LogP) is 2.78. The molecular formula is C16H21NO. The molecule has 0 heterocycles. The van der Waals surface area contributed by atoms with Gasteiger partial charge in [0.15, 0.2) is 0 Å². The summed E-state index contributed by atoms with van der Waals surface area (Å²) in [6.45, 7) is 4.02. The van der Waals surface area contributed by atoms with Crippen molar-refractivity contribution in [1.82, 2.24) is 5.32 Å². The Morgan fingerprint density at radius 1 is 1.33 bits per heavy atom. The van der Waals surface area contributed by atoms with Crippen molar-refractivity contribution in [1.29, 1.82) is 0 Å². The van der Waals surface area contributed by atoms with Crippen molar-refractivity contribution in [2.75, 3.05) is 0 Å². The van der Waals surface area contributed by atoms with E-state index in [9.17, 15) is 4.79 Å². The molecule has 0 aromatic heterocycles. The molecule has 1 rings (SSSR count). The zero-order chi connectivity index (χ0) is 13.4. The molecule has 1 N–H and O–H groups in total. The first-order valence-electron chi connectivity index (χ1n) is 6.43. The zero-order valence-electron chi connectivity index (χ0n) is 11.1. The summed E-state index contributed by atoms with van der Waals surface area (Å²) >= 11 is 0. The second kappa shape index (κ2) is 7.55. The molecule has 0 aliphatic rings. The van der Waals surface area contributed by atoms with E-state index in [1.165, 1.54) is 5.56 Å². The van der Waals surface area contributed by atoms with Gasteiger partial charge in [0.1, 0.15) is 0 Å². The van der Waals surface area contributed by atoms with Gasteiger partial charge < -0.3 is 5.32 Å². The summed E-state index contributed by atoms with van der Waals surface area (Å²) in [6.07, 6.45) is 7.68. The maximum absolute atomic E-state index is 11.7. The van der Waals surface area contributed by atoms with Gasteiger partial charge in [0.2, 0.25) is 5.91 Å². The molecule has 0 saturated carbocycles. The van der Waals surface area contributed by atoms with Crippen molar-refractivity contribution in [2.45, 2.75) is 39.2 Å². The summed E-state index contributed by atoms with van der Waals surface area (Å²) in [5.74, 6) is 2.92. The minimum atomic E-state index is -0.158. The molecule has 0 saturated heterocycles. The van der Waals surface area contributed by atoms with Crippen molar-refractivity contribution in [2.24, 2.45) is 5.92 Å². The van der Waals surface area contributed by atoms with E-state index in [0.29, 0.717) is 6.42 Å². The molecule has 0 aliphatic heterocycles. The molecule has 2 nitrogen and oxygen atoms in total. The highest BCUT2D eigenvalue weighted by molar-refractivity contribution is 5.76. The Kier molecular flexibility index (Phi) is 6.00. The number of terminal acetylenes is 1. The van der Waals surface area contributed by atoms with Gasteiger partial charge in [-0.05, 0) is 24.3 Å². The van der Waals surface area contributed by atoms with E-state index in [1.807, 2.05) is 32.0 Å². The van der Waals surface area contributed by atoms with Crippen LogP contribution in [-0.2, 0) is 11.2 Å². The van der Waals surface area contributed by atoms with Gasteiger partial charge in [-0.2, -0.15) is 0 Å². The number of rotatable bonds is 6. The molecule has 1 aromatic carbocycles. The van der Waals surface area contributed by atoms with Crippen molar-refractivity contribution >= 4 is 5.91 Å². The lowest BCUT2D eigenvalue weighted by Gasteiger charge is -2.16. The lowest BCUT2D eigenvalue weighted by atomic mass is 10.0. The van der Waals surface area contributed by atoms with Crippen LogP contribution < -0.4 is 5.32 Å². The molecule has 2 heteroatoms. The van der Waals surface area contributed by atoms with Crippen LogP contribution in [0.15, 0.2) is 30.3 Å². The summed E-state index contributed by atoms with van der Waals surface area (Å²) in [6, 6.07) is 10.0. The first-order chi connectivity index (χ1) is 8.63. The van der Waals surface area contributed by atoms with Crippen LogP contribution in [0.3, 0.4) is 0 Å². The number of nitrogens with one attached hydrogen (secondary N) is 1. The van der Waals surface area contributed by atoms with Gasteiger partial charge in [-0.15, -0.1) is 6.42 Å². The van der Waals surface area contributed by atoms with Crippen LogP contribution in [0.1, 0.15) is 32.3 Å². The molecule has 1 aromatic rings. The van der Waals surface area contributed by atoms with Crippen LogP contribution in [0, 0.1) is 18.3 Å². The van der Waals surface area contributed by atoms with E-state index in [-0.39, 0.29) is 17.9 Å². The quantitative estimate of drug-likeness (QED) is 0.765. The molecule has 1 unspecified atom stereocenters. The van der Waals surface area contributed by atoms with Crippen LogP contribution in [-0.4, -0.2) is 11.9 Å². The SMILES string of the molecule is C#CC(NC(=O)CCCc1ccccc1)C(C)C. The molecule has 0 radical (unpaired) electrons. The monoisotopic (exact) mass is 243 g/mol. The maximum Gasteiger partial charge on any atom is 0.220 e. The smallest absolute Gasteiger partial charge is 0.220 e. The Labute approximate surface area is 110 Å². The Morgan fingerprint density at radius 2 is 2.00 bits per heavy atom. The van der Waals surface area contributed by atoms with Crippen LogP contribution in [0.5, 0.6) is 0 Å². The Balaban J connectivity index is 2.28. The lowest BCUT2D eigenvalue weighted by molar-refractivity contribution is -0.121. The number of aryl methyl sites for hydroxylation is 1. The molecule has 0 aliphatic carbocycles. The average Bonchev–Trinajstić information content (AvgIpc) is 2.37. The van der Waals surface area contributed by atoms with Gasteiger partial charge in [-0.25, -0.2) is 0 Å². The molecule has 0 fully saturated rings. The highest BCUT2D eigenvalue weighted by Gasteiger charge is 2.12. The van der Waals surface area contributed by atoms with E-state index < -0.39 is 0 Å². The first-order valence-corrected chi connectivity index (χ1v) is 6.43. The molecule has 1 atom stereocenters. The van der Waals surface area contributed by atoms with Crippen LogP contribution >= 0.6 is 0 Å². The second-order valence-electron chi connectivity index (χ2n) is 4.80. The number of hydrogen-bond donors (Lipinski definition) is 1. The van der Waals surface area contributed by atoms with E-state index in [1.54, 1.807) is 0 Å². The number of hydrogen-bond acceptors (Lipinski definition) is 1. The summed E-state index contributed by atoms with van der Waals surface area (Å²) < 4.78 is 0. The molecule has 1 amide bonds. The highest BCUT2D eigenvalue weighted by Crippen LogP contribution is 2.05. The van der Waals surface area contributed by atoms with Crippen LogP contribution in [0.2, 0.25) is 0 Å². The Hall–Kier alpha value is -1.75. The molecule has 0 spiro atoms. The first kappa shape index (κ1) is 14.3. The normalized spacial score (nSPS) is 11.9. The fourth-order valence-electron chi connectivity index (χ4n) is 1.74. The van der Waals surface area contributed by atoms with E-state index >= 15 is 0 Å². The van der Waals surface area contributed by atoms with Gasteiger partial charge >= 0.3 is 0 Å². The summed E-state index contributed by atoms with van der Waals surface area (Å²) in [5, 5.41) is 2.88.